The zero-order chi connectivity index (χ0) is 15.0. The summed E-state index contributed by atoms with van der Waals surface area (Å²) in [4.78, 5) is 8.01. The summed E-state index contributed by atoms with van der Waals surface area (Å²) in [5, 5.41) is 0. The van der Waals surface area contributed by atoms with Crippen molar-refractivity contribution < 1.29 is 4.74 Å². The van der Waals surface area contributed by atoms with Crippen LogP contribution < -0.4 is 4.74 Å². The molecule has 2 aromatic carbocycles. The van der Waals surface area contributed by atoms with Crippen LogP contribution in [-0.4, -0.2) is 9.97 Å². The molecule has 1 N–H and O–H groups in total. The van der Waals surface area contributed by atoms with Crippen LogP contribution in [0, 0.1) is 20.8 Å². The van der Waals surface area contributed by atoms with Crippen LogP contribution in [0.3, 0.4) is 0 Å². The van der Waals surface area contributed by atoms with Gasteiger partial charge in [-0.15, -0.1) is 0 Å². The summed E-state index contributed by atoms with van der Waals surface area (Å²) >= 11 is 0. The van der Waals surface area contributed by atoms with Crippen molar-refractivity contribution in [3.63, 3.8) is 0 Å². The van der Waals surface area contributed by atoms with Crippen molar-refractivity contribution in [2.45, 2.75) is 33.8 Å². The van der Waals surface area contributed by atoms with Gasteiger partial charge in [-0.3, -0.25) is 0 Å². The lowest BCUT2D eigenvalue weighted by molar-refractivity contribution is 0.218. The molecule has 1 heterocycles. The number of nitrogens with zero attached hydrogens (tertiary/aromatic N) is 1. The lowest BCUT2D eigenvalue weighted by atomic mass is 10.1. The van der Waals surface area contributed by atoms with Crippen LogP contribution in [0.4, 0.5) is 0 Å². The Balaban J connectivity index is 1.87. The Hall–Kier alpha value is -2.29. The van der Waals surface area contributed by atoms with E-state index in [4.69, 9.17) is 4.74 Å². The molecular formula is C18H20N2O. The quantitative estimate of drug-likeness (QED) is 0.759. The van der Waals surface area contributed by atoms with E-state index < -0.39 is 0 Å². The van der Waals surface area contributed by atoms with Gasteiger partial charge < -0.3 is 9.72 Å². The Morgan fingerprint density at radius 1 is 1.00 bits per heavy atom. The van der Waals surface area contributed by atoms with E-state index in [0.29, 0.717) is 0 Å². The van der Waals surface area contributed by atoms with Crippen molar-refractivity contribution in [2.75, 3.05) is 0 Å². The van der Waals surface area contributed by atoms with Crippen molar-refractivity contribution in [2.24, 2.45) is 0 Å². The zero-order valence-electron chi connectivity index (χ0n) is 12.9. The fraction of sp³-hybridized carbons (Fsp3) is 0.278. The molecule has 21 heavy (non-hydrogen) atoms. The molecule has 0 amide bonds. The van der Waals surface area contributed by atoms with Crippen LogP contribution in [0.5, 0.6) is 5.75 Å². The maximum Gasteiger partial charge on any atom is 0.153 e. The number of hydrogen-bond acceptors (Lipinski definition) is 2. The van der Waals surface area contributed by atoms with E-state index in [0.717, 1.165) is 22.6 Å². The molecule has 108 valence electrons. The molecule has 0 aliphatic rings. The minimum Gasteiger partial charge on any atom is -0.483 e. The second-order valence-corrected chi connectivity index (χ2v) is 5.60. The van der Waals surface area contributed by atoms with Crippen LogP contribution in [-0.2, 0) is 0 Å². The second-order valence-electron chi connectivity index (χ2n) is 5.60. The van der Waals surface area contributed by atoms with E-state index >= 15 is 0 Å². The van der Waals surface area contributed by atoms with Gasteiger partial charge in [-0.1, -0.05) is 18.2 Å². The summed E-state index contributed by atoms with van der Waals surface area (Å²) in [6, 6.07) is 12.3. The molecule has 1 atom stereocenters. The summed E-state index contributed by atoms with van der Waals surface area (Å²) in [6.07, 6.45) is -0.112. The third kappa shape index (κ3) is 2.64. The van der Waals surface area contributed by atoms with E-state index in [1.165, 1.54) is 16.7 Å². The standard InChI is InChI=1S/C18H20N2O/c1-11-8-9-15(10-13(11)3)21-14(4)18-19-16-7-5-6-12(2)17(16)20-18/h5-10,14H,1-4H3,(H,19,20)/t14-/m1/s1. The third-order valence-electron chi connectivity index (χ3n) is 3.91. The van der Waals surface area contributed by atoms with Gasteiger partial charge in [0.25, 0.3) is 0 Å². The first-order valence-electron chi connectivity index (χ1n) is 7.24. The van der Waals surface area contributed by atoms with Gasteiger partial charge >= 0.3 is 0 Å². The number of aromatic amines is 1. The van der Waals surface area contributed by atoms with Crippen molar-refractivity contribution >= 4 is 11.0 Å². The van der Waals surface area contributed by atoms with E-state index in [-0.39, 0.29) is 6.10 Å². The number of para-hydroxylation sites is 1. The number of benzene rings is 2. The van der Waals surface area contributed by atoms with E-state index in [1.54, 1.807) is 0 Å². The number of rotatable bonds is 3. The highest BCUT2D eigenvalue weighted by Crippen LogP contribution is 2.24. The lowest BCUT2D eigenvalue weighted by Crippen LogP contribution is -2.05. The molecule has 0 bridgehead atoms. The highest BCUT2D eigenvalue weighted by Gasteiger charge is 2.13. The molecule has 0 fully saturated rings. The Morgan fingerprint density at radius 2 is 1.81 bits per heavy atom. The molecule has 3 rings (SSSR count). The summed E-state index contributed by atoms with van der Waals surface area (Å²) in [6.45, 7) is 8.28. The van der Waals surface area contributed by atoms with Gasteiger partial charge in [0.05, 0.1) is 11.0 Å². The van der Waals surface area contributed by atoms with Gasteiger partial charge in [0.15, 0.2) is 6.10 Å². The molecule has 0 aliphatic carbocycles. The topological polar surface area (TPSA) is 37.9 Å². The van der Waals surface area contributed by atoms with Crippen LogP contribution in [0.2, 0.25) is 0 Å². The van der Waals surface area contributed by atoms with Crippen LogP contribution in [0.1, 0.15) is 35.5 Å². The summed E-state index contributed by atoms with van der Waals surface area (Å²) in [7, 11) is 0. The third-order valence-corrected chi connectivity index (χ3v) is 3.91. The molecular weight excluding hydrogens is 260 g/mol. The number of H-pyrrole nitrogens is 1. The molecule has 3 heteroatoms. The van der Waals surface area contributed by atoms with Gasteiger partial charge in [0.2, 0.25) is 0 Å². The fourth-order valence-electron chi connectivity index (χ4n) is 2.43. The van der Waals surface area contributed by atoms with Gasteiger partial charge in [0.1, 0.15) is 11.6 Å². The zero-order valence-corrected chi connectivity index (χ0v) is 12.9. The molecule has 0 unspecified atom stereocenters. The number of hydrogen-bond donors (Lipinski definition) is 1. The maximum atomic E-state index is 6.01. The van der Waals surface area contributed by atoms with E-state index in [1.807, 2.05) is 25.1 Å². The van der Waals surface area contributed by atoms with Gasteiger partial charge in [-0.25, -0.2) is 4.98 Å². The van der Waals surface area contributed by atoms with E-state index in [9.17, 15) is 0 Å². The summed E-state index contributed by atoms with van der Waals surface area (Å²) in [5.41, 5.74) is 5.76. The normalized spacial score (nSPS) is 12.6. The molecule has 3 aromatic rings. The van der Waals surface area contributed by atoms with Crippen LogP contribution >= 0.6 is 0 Å². The molecule has 0 radical (unpaired) electrons. The second kappa shape index (κ2) is 5.24. The predicted octanol–water partition coefficient (Wildman–Crippen LogP) is 4.63. The first kappa shape index (κ1) is 13.7. The minimum atomic E-state index is -0.112. The number of aromatic nitrogens is 2. The summed E-state index contributed by atoms with van der Waals surface area (Å²) < 4.78 is 6.01. The van der Waals surface area contributed by atoms with Crippen LogP contribution in [0.25, 0.3) is 11.0 Å². The predicted molar refractivity (Wildman–Crippen MR) is 85.8 cm³/mol. The molecule has 3 nitrogen and oxygen atoms in total. The van der Waals surface area contributed by atoms with Crippen molar-refractivity contribution in [1.29, 1.82) is 0 Å². The van der Waals surface area contributed by atoms with Crippen molar-refractivity contribution in [1.82, 2.24) is 9.97 Å². The molecule has 0 spiro atoms. The average molecular weight is 280 g/mol. The summed E-state index contributed by atoms with van der Waals surface area (Å²) in [5.74, 6) is 1.74. The van der Waals surface area contributed by atoms with Crippen LogP contribution in [0.15, 0.2) is 36.4 Å². The SMILES string of the molecule is Cc1ccc(O[C@H](C)c2nc3c(C)cccc3[nH]2)cc1C. The smallest absolute Gasteiger partial charge is 0.153 e. The first-order valence-corrected chi connectivity index (χ1v) is 7.24. The van der Waals surface area contributed by atoms with Crippen molar-refractivity contribution in [3.8, 4) is 5.75 Å². The fourth-order valence-corrected chi connectivity index (χ4v) is 2.43. The monoisotopic (exact) mass is 280 g/mol. The van der Waals surface area contributed by atoms with E-state index in [2.05, 4.69) is 48.9 Å². The number of fused-ring (bicyclic) bond motifs is 1. The molecule has 0 saturated carbocycles. The lowest BCUT2D eigenvalue weighted by Gasteiger charge is -2.13. The average Bonchev–Trinajstić information content (AvgIpc) is 2.89. The highest BCUT2D eigenvalue weighted by molar-refractivity contribution is 5.78. The van der Waals surface area contributed by atoms with Gasteiger partial charge in [-0.05, 0) is 62.6 Å². The number of imidazole rings is 1. The van der Waals surface area contributed by atoms with Gasteiger partial charge in [0, 0.05) is 0 Å². The maximum absolute atomic E-state index is 6.01. The largest absolute Gasteiger partial charge is 0.483 e. The number of aryl methyl sites for hydroxylation is 3. The Bertz CT molecular complexity index is 789. The highest BCUT2D eigenvalue weighted by atomic mass is 16.5. The molecule has 0 saturated heterocycles. The number of ether oxygens (including phenoxy) is 1. The first-order chi connectivity index (χ1) is 10.0. The number of nitrogens with one attached hydrogen (secondary N) is 1. The Labute approximate surface area is 125 Å². The Morgan fingerprint density at radius 3 is 2.52 bits per heavy atom. The van der Waals surface area contributed by atoms with Crippen molar-refractivity contribution in [3.05, 3.63) is 58.9 Å². The minimum absolute atomic E-state index is 0.112. The molecule has 1 aromatic heterocycles. The molecule has 0 aliphatic heterocycles. The van der Waals surface area contributed by atoms with Gasteiger partial charge in [-0.2, -0.15) is 0 Å². The Kier molecular flexibility index (Phi) is 3.42.